The molecule has 0 aliphatic heterocycles. The monoisotopic (exact) mass is 372 g/mol. The lowest BCUT2D eigenvalue weighted by Gasteiger charge is -2.08. The van der Waals surface area contributed by atoms with Crippen molar-refractivity contribution in [1.82, 2.24) is 20.1 Å². The number of imide groups is 1. The molecule has 3 aromatic rings. The van der Waals surface area contributed by atoms with Crippen LogP contribution in [0.4, 0.5) is 0 Å². The average molecular weight is 372 g/mol. The van der Waals surface area contributed by atoms with E-state index >= 15 is 0 Å². The second kappa shape index (κ2) is 7.87. The molecular weight excluding hydrogens is 356 g/mol. The van der Waals surface area contributed by atoms with Gasteiger partial charge in [0.25, 0.3) is 5.91 Å². The third-order valence-corrected chi connectivity index (χ3v) is 4.53. The number of carbonyl (C=O) groups excluding carboxylic acids is 2. The third-order valence-electron chi connectivity index (χ3n) is 3.51. The Bertz CT molecular complexity index is 921. The summed E-state index contributed by atoms with van der Waals surface area (Å²) in [7, 11) is 3.24. The van der Waals surface area contributed by atoms with E-state index in [0.717, 1.165) is 0 Å². The van der Waals surface area contributed by atoms with Gasteiger partial charge in [-0.15, -0.1) is 10.2 Å². The first-order valence-electron chi connectivity index (χ1n) is 7.63. The summed E-state index contributed by atoms with van der Waals surface area (Å²) >= 11 is 1.17. The van der Waals surface area contributed by atoms with E-state index in [9.17, 15) is 9.59 Å². The van der Waals surface area contributed by atoms with Gasteiger partial charge in [0.05, 0.1) is 24.7 Å². The van der Waals surface area contributed by atoms with Crippen molar-refractivity contribution in [3.8, 4) is 17.3 Å². The van der Waals surface area contributed by atoms with Crippen molar-refractivity contribution in [2.45, 2.75) is 5.16 Å². The number of methoxy groups -OCH3 is 1. The van der Waals surface area contributed by atoms with Crippen LogP contribution in [0.3, 0.4) is 0 Å². The van der Waals surface area contributed by atoms with Crippen molar-refractivity contribution in [3.05, 3.63) is 48.2 Å². The zero-order valence-corrected chi connectivity index (χ0v) is 14.9. The molecule has 0 aliphatic rings. The molecule has 0 radical (unpaired) electrons. The van der Waals surface area contributed by atoms with Gasteiger partial charge in [0.1, 0.15) is 5.75 Å². The van der Waals surface area contributed by atoms with Gasteiger partial charge in [-0.25, -0.2) is 0 Å². The molecule has 0 saturated carbocycles. The van der Waals surface area contributed by atoms with Gasteiger partial charge < -0.3 is 13.7 Å². The molecular formula is C17H16N4O4S. The van der Waals surface area contributed by atoms with Crippen molar-refractivity contribution in [2.24, 2.45) is 7.05 Å². The SMILES string of the molecule is COc1ccccc1C(=O)NC(=O)CSc1nnc(-c2ccco2)n1C. The van der Waals surface area contributed by atoms with Crippen molar-refractivity contribution >= 4 is 23.6 Å². The quantitative estimate of drug-likeness (QED) is 0.662. The number of para-hydroxylation sites is 1. The van der Waals surface area contributed by atoms with Gasteiger partial charge in [0.2, 0.25) is 5.91 Å². The Labute approximate surface area is 153 Å². The number of furan rings is 1. The van der Waals surface area contributed by atoms with Crippen LogP contribution >= 0.6 is 11.8 Å². The summed E-state index contributed by atoms with van der Waals surface area (Å²) in [5.41, 5.74) is 0.298. The standard InChI is InChI=1S/C17H16N4O4S/c1-21-15(13-8-5-9-25-13)19-20-17(21)26-10-14(22)18-16(23)11-6-3-4-7-12(11)24-2/h3-9H,10H2,1-2H3,(H,18,22,23). The molecule has 1 N–H and O–H groups in total. The average Bonchev–Trinajstić information content (AvgIpc) is 3.29. The number of hydrogen-bond acceptors (Lipinski definition) is 7. The molecule has 0 spiro atoms. The fraction of sp³-hybridized carbons (Fsp3) is 0.176. The van der Waals surface area contributed by atoms with Crippen LogP contribution < -0.4 is 10.1 Å². The number of hydrogen-bond donors (Lipinski definition) is 1. The number of thioether (sulfide) groups is 1. The van der Waals surface area contributed by atoms with E-state index in [1.54, 1.807) is 54.3 Å². The number of carbonyl (C=O) groups is 2. The normalized spacial score (nSPS) is 10.5. The topological polar surface area (TPSA) is 99.2 Å². The summed E-state index contributed by atoms with van der Waals surface area (Å²) in [5.74, 6) is 0.619. The van der Waals surface area contributed by atoms with E-state index in [0.29, 0.717) is 28.1 Å². The molecule has 2 aromatic heterocycles. The molecule has 0 atom stereocenters. The Morgan fingerprint density at radius 2 is 2.04 bits per heavy atom. The Kier molecular flexibility index (Phi) is 5.37. The zero-order valence-electron chi connectivity index (χ0n) is 14.1. The van der Waals surface area contributed by atoms with Crippen LogP contribution in [-0.2, 0) is 11.8 Å². The van der Waals surface area contributed by atoms with Gasteiger partial charge >= 0.3 is 0 Å². The predicted molar refractivity (Wildman–Crippen MR) is 94.9 cm³/mol. The molecule has 2 amide bonds. The van der Waals surface area contributed by atoms with Crippen LogP contribution in [0.5, 0.6) is 5.75 Å². The lowest BCUT2D eigenvalue weighted by molar-refractivity contribution is -0.117. The minimum absolute atomic E-state index is 0.0189. The number of aromatic nitrogens is 3. The molecule has 9 heteroatoms. The van der Waals surface area contributed by atoms with Crippen LogP contribution in [0.15, 0.2) is 52.2 Å². The Hall–Kier alpha value is -3.07. The zero-order chi connectivity index (χ0) is 18.5. The number of nitrogens with zero attached hydrogens (tertiary/aromatic N) is 3. The van der Waals surface area contributed by atoms with Crippen LogP contribution in [-0.4, -0.2) is 39.4 Å². The first-order valence-corrected chi connectivity index (χ1v) is 8.62. The van der Waals surface area contributed by atoms with Gasteiger partial charge in [0, 0.05) is 7.05 Å². The summed E-state index contributed by atoms with van der Waals surface area (Å²) in [6.45, 7) is 0. The second-order valence-corrected chi connectivity index (χ2v) is 6.15. The first kappa shape index (κ1) is 17.7. The molecule has 1 aromatic carbocycles. The maximum absolute atomic E-state index is 12.2. The van der Waals surface area contributed by atoms with Crippen LogP contribution in [0.2, 0.25) is 0 Å². The second-order valence-electron chi connectivity index (χ2n) is 5.21. The summed E-state index contributed by atoms with van der Waals surface area (Å²) < 4.78 is 12.1. The van der Waals surface area contributed by atoms with E-state index in [2.05, 4.69) is 15.5 Å². The van der Waals surface area contributed by atoms with E-state index in [1.165, 1.54) is 18.9 Å². The molecule has 8 nitrogen and oxygen atoms in total. The Morgan fingerprint density at radius 3 is 2.77 bits per heavy atom. The number of rotatable bonds is 6. The highest BCUT2D eigenvalue weighted by atomic mass is 32.2. The highest BCUT2D eigenvalue weighted by Crippen LogP contribution is 2.23. The number of benzene rings is 1. The summed E-state index contributed by atoms with van der Waals surface area (Å²) in [6, 6.07) is 10.2. The van der Waals surface area contributed by atoms with Crippen molar-refractivity contribution in [1.29, 1.82) is 0 Å². The van der Waals surface area contributed by atoms with Gasteiger partial charge in [-0.05, 0) is 24.3 Å². The molecule has 134 valence electrons. The highest BCUT2D eigenvalue weighted by Gasteiger charge is 2.17. The first-order chi connectivity index (χ1) is 12.6. The van der Waals surface area contributed by atoms with Crippen molar-refractivity contribution in [2.75, 3.05) is 12.9 Å². The van der Waals surface area contributed by atoms with E-state index < -0.39 is 11.8 Å². The van der Waals surface area contributed by atoms with E-state index in [-0.39, 0.29) is 5.75 Å². The molecule has 0 aliphatic carbocycles. The molecule has 2 heterocycles. The fourth-order valence-electron chi connectivity index (χ4n) is 2.25. The van der Waals surface area contributed by atoms with Crippen LogP contribution in [0.25, 0.3) is 11.6 Å². The number of amides is 2. The van der Waals surface area contributed by atoms with Gasteiger partial charge in [-0.1, -0.05) is 23.9 Å². The molecule has 0 bridgehead atoms. The summed E-state index contributed by atoms with van der Waals surface area (Å²) in [4.78, 5) is 24.3. The van der Waals surface area contributed by atoms with Crippen LogP contribution in [0.1, 0.15) is 10.4 Å². The summed E-state index contributed by atoms with van der Waals surface area (Å²) in [5, 5.41) is 11.0. The third kappa shape index (κ3) is 3.77. The maximum Gasteiger partial charge on any atom is 0.261 e. The van der Waals surface area contributed by atoms with Gasteiger partial charge in [-0.2, -0.15) is 0 Å². The van der Waals surface area contributed by atoms with Crippen molar-refractivity contribution in [3.63, 3.8) is 0 Å². The smallest absolute Gasteiger partial charge is 0.261 e. The highest BCUT2D eigenvalue weighted by molar-refractivity contribution is 7.99. The van der Waals surface area contributed by atoms with Crippen molar-refractivity contribution < 1.29 is 18.7 Å². The number of nitrogens with one attached hydrogen (secondary N) is 1. The molecule has 0 unspecified atom stereocenters. The number of ether oxygens (including phenoxy) is 1. The molecule has 3 rings (SSSR count). The summed E-state index contributed by atoms with van der Waals surface area (Å²) in [6.07, 6.45) is 1.55. The molecule has 26 heavy (non-hydrogen) atoms. The Morgan fingerprint density at radius 1 is 1.23 bits per heavy atom. The lowest BCUT2D eigenvalue weighted by atomic mass is 10.2. The van der Waals surface area contributed by atoms with E-state index in [1.807, 2.05) is 0 Å². The largest absolute Gasteiger partial charge is 0.496 e. The van der Waals surface area contributed by atoms with Gasteiger partial charge in [-0.3, -0.25) is 14.9 Å². The van der Waals surface area contributed by atoms with Gasteiger partial charge in [0.15, 0.2) is 16.7 Å². The Balaban J connectivity index is 1.60. The predicted octanol–water partition coefficient (Wildman–Crippen LogP) is 2.13. The van der Waals surface area contributed by atoms with Crippen LogP contribution in [0, 0.1) is 0 Å². The van der Waals surface area contributed by atoms with E-state index in [4.69, 9.17) is 9.15 Å². The molecule has 0 saturated heterocycles. The maximum atomic E-state index is 12.2. The lowest BCUT2D eigenvalue weighted by Crippen LogP contribution is -2.32. The minimum atomic E-state index is -0.512. The fourth-order valence-corrected chi connectivity index (χ4v) is 2.96. The minimum Gasteiger partial charge on any atom is -0.496 e. The molecule has 0 fully saturated rings.